The Bertz CT molecular complexity index is 390. The molecule has 0 saturated carbocycles. The molecule has 0 amide bonds. The highest BCUT2D eigenvalue weighted by Crippen LogP contribution is 2.20. The van der Waals surface area contributed by atoms with Crippen molar-refractivity contribution in [2.45, 2.75) is 59.2 Å². The Morgan fingerprint density at radius 2 is 2.32 bits per heavy atom. The van der Waals surface area contributed by atoms with E-state index >= 15 is 0 Å². The summed E-state index contributed by atoms with van der Waals surface area (Å²) in [6, 6.07) is 1.29. The van der Waals surface area contributed by atoms with E-state index in [4.69, 9.17) is 0 Å². The van der Waals surface area contributed by atoms with Crippen molar-refractivity contribution < 1.29 is 0 Å². The van der Waals surface area contributed by atoms with Gasteiger partial charge in [0.1, 0.15) is 5.01 Å². The van der Waals surface area contributed by atoms with Crippen molar-refractivity contribution in [2.75, 3.05) is 13.1 Å². The van der Waals surface area contributed by atoms with Crippen molar-refractivity contribution in [1.82, 2.24) is 15.2 Å². The molecule has 0 bridgehead atoms. The van der Waals surface area contributed by atoms with Crippen molar-refractivity contribution in [2.24, 2.45) is 5.92 Å². The first-order valence-electron chi connectivity index (χ1n) is 7.52. The van der Waals surface area contributed by atoms with Crippen molar-refractivity contribution in [3.63, 3.8) is 0 Å². The first-order valence-corrected chi connectivity index (χ1v) is 8.40. The number of piperazine rings is 1. The lowest BCUT2D eigenvalue weighted by Crippen LogP contribution is -2.57. The molecule has 1 aromatic rings. The maximum absolute atomic E-state index is 4.62. The summed E-state index contributed by atoms with van der Waals surface area (Å²) in [5.74, 6) is 0.748. The molecule has 1 fully saturated rings. The fourth-order valence-corrected chi connectivity index (χ4v) is 3.59. The molecule has 4 heteroatoms. The first-order chi connectivity index (χ1) is 9.13. The average molecular weight is 281 g/mol. The van der Waals surface area contributed by atoms with Crippen LogP contribution in [0.5, 0.6) is 0 Å². The fraction of sp³-hybridized carbons (Fsp3) is 0.800. The molecule has 108 valence electrons. The molecule has 1 aliphatic rings. The normalized spacial score (nSPS) is 26.5. The van der Waals surface area contributed by atoms with E-state index in [2.05, 4.69) is 48.3 Å². The monoisotopic (exact) mass is 281 g/mol. The van der Waals surface area contributed by atoms with Gasteiger partial charge in [-0.1, -0.05) is 27.2 Å². The number of nitrogens with one attached hydrogen (secondary N) is 1. The smallest absolute Gasteiger partial charge is 0.107 e. The second-order valence-corrected chi connectivity index (χ2v) is 6.72. The summed E-state index contributed by atoms with van der Waals surface area (Å²) in [5, 5.41) is 7.16. The quantitative estimate of drug-likeness (QED) is 0.899. The van der Waals surface area contributed by atoms with Gasteiger partial charge in [-0.15, -0.1) is 11.3 Å². The van der Waals surface area contributed by atoms with E-state index in [0.717, 1.165) is 31.2 Å². The Morgan fingerprint density at radius 1 is 1.53 bits per heavy atom. The number of hydrogen-bond acceptors (Lipinski definition) is 4. The van der Waals surface area contributed by atoms with E-state index in [1.807, 2.05) is 0 Å². The predicted molar refractivity (Wildman–Crippen MR) is 82.6 cm³/mol. The Kier molecular flexibility index (Phi) is 5.37. The largest absolute Gasteiger partial charge is 0.311 e. The van der Waals surface area contributed by atoms with E-state index in [1.165, 1.54) is 17.8 Å². The van der Waals surface area contributed by atoms with Crippen LogP contribution in [0, 0.1) is 12.8 Å². The van der Waals surface area contributed by atoms with Crippen molar-refractivity contribution >= 4 is 11.3 Å². The lowest BCUT2D eigenvalue weighted by Gasteiger charge is -2.41. The summed E-state index contributed by atoms with van der Waals surface area (Å²) < 4.78 is 0. The van der Waals surface area contributed by atoms with Gasteiger partial charge >= 0.3 is 0 Å². The third-order valence-corrected chi connectivity index (χ3v) is 5.32. The Morgan fingerprint density at radius 3 is 2.89 bits per heavy atom. The van der Waals surface area contributed by atoms with Crippen LogP contribution in [0.2, 0.25) is 0 Å². The molecule has 1 saturated heterocycles. The number of aryl methyl sites for hydroxylation is 1. The second kappa shape index (κ2) is 6.82. The summed E-state index contributed by atoms with van der Waals surface area (Å²) in [5.41, 5.74) is 1.15. The molecule has 0 radical (unpaired) electrons. The molecule has 0 aromatic carbocycles. The van der Waals surface area contributed by atoms with Gasteiger partial charge < -0.3 is 5.32 Å². The lowest BCUT2D eigenvalue weighted by atomic mass is 9.95. The molecule has 3 nitrogen and oxygen atoms in total. The highest BCUT2D eigenvalue weighted by Gasteiger charge is 2.29. The zero-order valence-electron chi connectivity index (χ0n) is 12.6. The van der Waals surface area contributed by atoms with Gasteiger partial charge in [0.15, 0.2) is 0 Å². The third kappa shape index (κ3) is 3.77. The molecule has 3 unspecified atom stereocenters. The van der Waals surface area contributed by atoms with Crippen LogP contribution in [-0.4, -0.2) is 35.1 Å². The molecule has 1 aromatic heterocycles. The fourth-order valence-electron chi connectivity index (χ4n) is 2.79. The summed E-state index contributed by atoms with van der Waals surface area (Å²) in [6.07, 6.45) is 2.46. The van der Waals surface area contributed by atoms with Gasteiger partial charge in [0.2, 0.25) is 0 Å². The van der Waals surface area contributed by atoms with Gasteiger partial charge in [0.25, 0.3) is 0 Å². The Hall–Kier alpha value is -0.450. The van der Waals surface area contributed by atoms with Crippen LogP contribution >= 0.6 is 11.3 Å². The zero-order chi connectivity index (χ0) is 13.8. The van der Waals surface area contributed by atoms with Crippen LogP contribution in [-0.2, 0) is 6.54 Å². The average Bonchev–Trinajstić information content (AvgIpc) is 2.83. The van der Waals surface area contributed by atoms with Crippen LogP contribution in [0.3, 0.4) is 0 Å². The molecular formula is C15H27N3S. The van der Waals surface area contributed by atoms with Crippen LogP contribution in [0.15, 0.2) is 5.38 Å². The van der Waals surface area contributed by atoms with Crippen LogP contribution in [0.25, 0.3) is 0 Å². The standard InChI is InChI=1S/C15H27N3S/c1-5-11(3)14-8-18(13(6-2)7-16-14)9-15-17-12(4)10-19-15/h10-11,13-14,16H,5-9H2,1-4H3. The van der Waals surface area contributed by atoms with Crippen LogP contribution in [0.4, 0.5) is 0 Å². The summed E-state index contributed by atoms with van der Waals surface area (Å²) in [6.45, 7) is 12.3. The zero-order valence-corrected chi connectivity index (χ0v) is 13.5. The van der Waals surface area contributed by atoms with E-state index in [-0.39, 0.29) is 0 Å². The van der Waals surface area contributed by atoms with Gasteiger partial charge in [-0.3, -0.25) is 4.90 Å². The molecule has 0 spiro atoms. The molecule has 3 atom stereocenters. The number of rotatable bonds is 5. The third-order valence-electron chi connectivity index (χ3n) is 4.37. The molecule has 19 heavy (non-hydrogen) atoms. The van der Waals surface area contributed by atoms with Crippen LogP contribution in [0.1, 0.15) is 44.3 Å². The molecular weight excluding hydrogens is 254 g/mol. The maximum atomic E-state index is 4.62. The van der Waals surface area contributed by atoms with Gasteiger partial charge in [-0.05, 0) is 19.3 Å². The Balaban J connectivity index is 2.01. The van der Waals surface area contributed by atoms with Gasteiger partial charge in [-0.2, -0.15) is 0 Å². The minimum Gasteiger partial charge on any atom is -0.311 e. The van der Waals surface area contributed by atoms with Crippen molar-refractivity contribution in [3.05, 3.63) is 16.1 Å². The van der Waals surface area contributed by atoms with Gasteiger partial charge in [0.05, 0.1) is 6.54 Å². The molecule has 2 heterocycles. The highest BCUT2D eigenvalue weighted by atomic mass is 32.1. The van der Waals surface area contributed by atoms with Crippen molar-refractivity contribution in [3.8, 4) is 0 Å². The van der Waals surface area contributed by atoms with Gasteiger partial charge in [-0.25, -0.2) is 4.98 Å². The molecule has 2 rings (SSSR count). The van der Waals surface area contributed by atoms with E-state index in [9.17, 15) is 0 Å². The summed E-state index contributed by atoms with van der Waals surface area (Å²) >= 11 is 1.80. The van der Waals surface area contributed by atoms with Crippen LogP contribution < -0.4 is 5.32 Å². The minimum absolute atomic E-state index is 0.633. The topological polar surface area (TPSA) is 28.2 Å². The Labute approximate surface area is 121 Å². The summed E-state index contributed by atoms with van der Waals surface area (Å²) in [4.78, 5) is 7.25. The first kappa shape index (κ1) is 14.9. The number of hydrogen-bond donors (Lipinski definition) is 1. The highest BCUT2D eigenvalue weighted by molar-refractivity contribution is 7.09. The van der Waals surface area contributed by atoms with Crippen molar-refractivity contribution in [1.29, 1.82) is 0 Å². The van der Waals surface area contributed by atoms with Gasteiger partial charge in [0, 0.05) is 36.2 Å². The number of aromatic nitrogens is 1. The van der Waals surface area contributed by atoms with E-state index in [1.54, 1.807) is 11.3 Å². The minimum atomic E-state index is 0.633. The second-order valence-electron chi connectivity index (χ2n) is 5.77. The van der Waals surface area contributed by atoms with E-state index < -0.39 is 0 Å². The number of nitrogens with zero attached hydrogens (tertiary/aromatic N) is 2. The maximum Gasteiger partial charge on any atom is 0.107 e. The molecule has 0 aliphatic carbocycles. The molecule has 1 N–H and O–H groups in total. The summed E-state index contributed by atoms with van der Waals surface area (Å²) in [7, 11) is 0. The van der Waals surface area contributed by atoms with E-state index in [0.29, 0.717) is 12.1 Å². The number of thiazole rings is 1. The SMILES string of the molecule is CCC(C)C1CN(Cc2nc(C)cs2)C(CC)CN1. The predicted octanol–water partition coefficient (Wildman–Crippen LogP) is 3.05. The molecule has 1 aliphatic heterocycles. The lowest BCUT2D eigenvalue weighted by molar-refractivity contribution is 0.0992.